The lowest BCUT2D eigenvalue weighted by Crippen LogP contribution is -2.38. The molecular weight excluding hydrogens is 496 g/mol. The monoisotopic (exact) mass is 522 g/mol. The van der Waals surface area contributed by atoms with Gasteiger partial charge >= 0.3 is 5.97 Å². The third-order valence-corrected chi connectivity index (χ3v) is 7.99. The number of methoxy groups -OCH3 is 1. The average Bonchev–Trinajstić information content (AvgIpc) is 3.25. The summed E-state index contributed by atoms with van der Waals surface area (Å²) in [5.41, 5.74) is 7.62. The Balaban J connectivity index is 1.49. The van der Waals surface area contributed by atoms with E-state index >= 15 is 0 Å². The summed E-state index contributed by atoms with van der Waals surface area (Å²) in [4.78, 5) is 31.1. The van der Waals surface area contributed by atoms with Crippen LogP contribution in [0.1, 0.15) is 40.3 Å². The summed E-state index contributed by atoms with van der Waals surface area (Å²) < 4.78 is 12.6. The molecule has 7 heteroatoms. The number of fused-ring (bicyclic) bond motifs is 3. The Hall–Kier alpha value is -4.23. The predicted octanol–water partition coefficient (Wildman–Crippen LogP) is 4.18. The number of thiazole rings is 1. The molecule has 4 aromatic rings. The molecular formula is C31H26N2O4S. The number of allylic oxidation sites excluding steroid dienone is 1. The highest BCUT2D eigenvalue weighted by atomic mass is 32.1. The second-order valence-corrected chi connectivity index (χ2v) is 10.5. The van der Waals surface area contributed by atoms with E-state index < -0.39 is 5.97 Å². The van der Waals surface area contributed by atoms with Crippen LogP contribution in [0.2, 0.25) is 0 Å². The lowest BCUT2D eigenvalue weighted by atomic mass is 9.83. The maximum Gasteiger partial charge on any atom is 0.343 e. The molecule has 38 heavy (non-hydrogen) atoms. The minimum absolute atomic E-state index is 0.0642. The third kappa shape index (κ3) is 4.39. The molecule has 190 valence electrons. The summed E-state index contributed by atoms with van der Waals surface area (Å²) >= 11 is 1.40. The smallest absolute Gasteiger partial charge is 0.343 e. The maximum atomic E-state index is 13.9. The fourth-order valence-corrected chi connectivity index (χ4v) is 6.12. The number of esters is 1. The van der Waals surface area contributed by atoms with Crippen LogP contribution in [0.5, 0.6) is 5.75 Å². The standard InChI is InChI=1S/C31H26N2O4S/c1-19-10-12-22(13-11-19)29-25-15-14-21-7-3-4-9-24(21)28(25)32-31-33(29)30(35)26(38-31)17-20-6-5-8-23(16-20)37-18-27(34)36-2/h3-13,16-17,29H,14-15,18H2,1-2H3. The van der Waals surface area contributed by atoms with Crippen LogP contribution in [0, 0.1) is 6.92 Å². The molecule has 0 saturated heterocycles. The van der Waals surface area contributed by atoms with Crippen LogP contribution in [-0.2, 0) is 16.0 Å². The average molecular weight is 523 g/mol. The van der Waals surface area contributed by atoms with E-state index in [4.69, 9.17) is 9.73 Å². The van der Waals surface area contributed by atoms with Crippen molar-refractivity contribution in [1.29, 1.82) is 0 Å². The van der Waals surface area contributed by atoms with Crippen molar-refractivity contribution in [1.82, 2.24) is 4.57 Å². The van der Waals surface area contributed by atoms with Gasteiger partial charge in [-0.05, 0) is 60.2 Å². The molecule has 6 rings (SSSR count). The number of hydrogen-bond donors (Lipinski definition) is 0. The number of hydrogen-bond acceptors (Lipinski definition) is 6. The molecule has 2 heterocycles. The molecule has 0 bridgehead atoms. The topological polar surface area (TPSA) is 69.9 Å². The van der Waals surface area contributed by atoms with E-state index in [-0.39, 0.29) is 18.2 Å². The van der Waals surface area contributed by atoms with Gasteiger partial charge in [0.15, 0.2) is 11.4 Å². The van der Waals surface area contributed by atoms with Crippen LogP contribution < -0.4 is 19.6 Å². The van der Waals surface area contributed by atoms with Crippen molar-refractivity contribution < 1.29 is 14.3 Å². The van der Waals surface area contributed by atoms with Gasteiger partial charge in [0, 0.05) is 5.56 Å². The fraction of sp³-hybridized carbons (Fsp3) is 0.194. The molecule has 1 aliphatic carbocycles. The lowest BCUT2D eigenvalue weighted by Gasteiger charge is -2.30. The van der Waals surface area contributed by atoms with Gasteiger partial charge < -0.3 is 9.47 Å². The number of rotatable bonds is 5. The molecule has 0 spiro atoms. The Kier molecular flexibility index (Phi) is 6.29. The quantitative estimate of drug-likeness (QED) is 0.369. The Bertz CT molecular complexity index is 1760. The van der Waals surface area contributed by atoms with Crippen LogP contribution in [0.4, 0.5) is 0 Å². The summed E-state index contributed by atoms with van der Waals surface area (Å²) in [5, 5.41) is 0. The van der Waals surface area contributed by atoms with Crippen molar-refractivity contribution in [3.8, 4) is 5.75 Å². The van der Waals surface area contributed by atoms with Crippen molar-refractivity contribution in [2.75, 3.05) is 13.7 Å². The van der Waals surface area contributed by atoms with E-state index in [2.05, 4.69) is 60.2 Å². The first kappa shape index (κ1) is 24.1. The van der Waals surface area contributed by atoms with Crippen molar-refractivity contribution in [2.24, 2.45) is 4.99 Å². The molecule has 0 radical (unpaired) electrons. The molecule has 1 atom stereocenters. The Labute approximate surface area is 223 Å². The highest BCUT2D eigenvalue weighted by Gasteiger charge is 2.32. The first-order valence-electron chi connectivity index (χ1n) is 12.5. The summed E-state index contributed by atoms with van der Waals surface area (Å²) in [7, 11) is 1.32. The van der Waals surface area contributed by atoms with Gasteiger partial charge in [-0.1, -0.05) is 77.6 Å². The third-order valence-electron chi connectivity index (χ3n) is 7.01. The molecule has 1 aromatic heterocycles. The van der Waals surface area contributed by atoms with Crippen molar-refractivity contribution in [3.63, 3.8) is 0 Å². The molecule has 3 aromatic carbocycles. The van der Waals surface area contributed by atoms with Gasteiger partial charge in [0.2, 0.25) is 0 Å². The second kappa shape index (κ2) is 9.91. The number of ether oxygens (including phenoxy) is 2. The number of carbonyl (C=O) groups is 1. The highest BCUT2D eigenvalue weighted by Crippen LogP contribution is 2.41. The van der Waals surface area contributed by atoms with E-state index in [0.29, 0.717) is 15.1 Å². The zero-order valence-electron chi connectivity index (χ0n) is 21.1. The van der Waals surface area contributed by atoms with E-state index in [1.54, 1.807) is 12.1 Å². The van der Waals surface area contributed by atoms with Crippen LogP contribution in [-0.4, -0.2) is 24.3 Å². The molecule has 2 aliphatic rings. The second-order valence-electron chi connectivity index (χ2n) is 9.46. The fourth-order valence-electron chi connectivity index (χ4n) is 5.12. The van der Waals surface area contributed by atoms with E-state index in [0.717, 1.165) is 35.2 Å². The predicted molar refractivity (Wildman–Crippen MR) is 148 cm³/mol. The summed E-state index contributed by atoms with van der Waals surface area (Å²) in [6.45, 7) is 1.89. The molecule has 1 unspecified atom stereocenters. The number of nitrogens with zero attached hydrogens (tertiary/aromatic N) is 2. The summed E-state index contributed by atoms with van der Waals surface area (Å²) in [6, 6.07) is 24.0. The summed E-state index contributed by atoms with van der Waals surface area (Å²) in [5.74, 6) is 0.0758. The van der Waals surface area contributed by atoms with E-state index in [9.17, 15) is 9.59 Å². The zero-order valence-corrected chi connectivity index (χ0v) is 22.0. The zero-order chi connectivity index (χ0) is 26.2. The first-order valence-corrected chi connectivity index (χ1v) is 13.3. The molecule has 0 N–H and O–H groups in total. The SMILES string of the molecule is COC(=O)COc1cccc(C=c2sc3n(c2=O)C(c2ccc(C)cc2)C2=C(N=3)c3ccccc3CC2)c1. The van der Waals surface area contributed by atoms with Crippen LogP contribution >= 0.6 is 11.3 Å². The highest BCUT2D eigenvalue weighted by molar-refractivity contribution is 7.07. The number of benzene rings is 3. The van der Waals surface area contributed by atoms with Gasteiger partial charge in [-0.15, -0.1) is 0 Å². The summed E-state index contributed by atoms with van der Waals surface area (Å²) in [6.07, 6.45) is 3.64. The first-order chi connectivity index (χ1) is 18.5. The van der Waals surface area contributed by atoms with Gasteiger partial charge in [0.05, 0.1) is 23.4 Å². The van der Waals surface area contributed by atoms with Crippen molar-refractivity contribution >= 4 is 29.1 Å². The van der Waals surface area contributed by atoms with Gasteiger partial charge in [-0.25, -0.2) is 9.79 Å². The van der Waals surface area contributed by atoms with E-state index in [1.165, 1.54) is 35.1 Å². The Morgan fingerprint density at radius 3 is 2.71 bits per heavy atom. The minimum atomic E-state index is -0.453. The molecule has 0 fully saturated rings. The Morgan fingerprint density at radius 2 is 1.89 bits per heavy atom. The van der Waals surface area contributed by atoms with Gasteiger partial charge in [0.25, 0.3) is 5.56 Å². The van der Waals surface area contributed by atoms with Crippen molar-refractivity contribution in [2.45, 2.75) is 25.8 Å². The maximum absolute atomic E-state index is 13.9. The lowest BCUT2D eigenvalue weighted by molar-refractivity contribution is -0.142. The molecule has 0 amide bonds. The Morgan fingerprint density at radius 1 is 1.08 bits per heavy atom. The minimum Gasteiger partial charge on any atom is -0.482 e. The number of aryl methyl sites for hydroxylation is 2. The largest absolute Gasteiger partial charge is 0.482 e. The van der Waals surface area contributed by atoms with Gasteiger partial charge in [-0.2, -0.15) is 0 Å². The normalized spacial score (nSPS) is 16.3. The van der Waals surface area contributed by atoms with Crippen molar-refractivity contribution in [3.05, 3.63) is 126 Å². The van der Waals surface area contributed by atoms with Gasteiger partial charge in [-0.3, -0.25) is 9.36 Å². The number of carbonyl (C=O) groups excluding carboxylic acids is 1. The molecule has 1 aliphatic heterocycles. The number of aromatic nitrogens is 1. The molecule has 6 nitrogen and oxygen atoms in total. The van der Waals surface area contributed by atoms with Crippen LogP contribution in [0.15, 0.2) is 88.2 Å². The van der Waals surface area contributed by atoms with Crippen LogP contribution in [0.25, 0.3) is 11.8 Å². The van der Waals surface area contributed by atoms with Gasteiger partial charge in [0.1, 0.15) is 5.75 Å². The van der Waals surface area contributed by atoms with Crippen LogP contribution in [0.3, 0.4) is 0 Å². The molecule has 0 saturated carbocycles. The van der Waals surface area contributed by atoms with E-state index in [1.807, 2.05) is 22.8 Å².